The Hall–Kier alpha value is -0.480. The second kappa shape index (κ2) is 8.63. The normalized spacial score (nSPS) is 47.9. The highest BCUT2D eigenvalue weighted by Crippen LogP contribution is 2.68. The molecule has 4 aliphatic carbocycles. The molecule has 0 radical (unpaired) electrons. The Morgan fingerprint density at radius 3 is 2.19 bits per heavy atom. The molecular weight excluding hydrogens is 403 g/mol. The molecule has 0 aromatic carbocycles. The first-order valence-electron chi connectivity index (χ1n) is 13.4. The van der Waals surface area contributed by atoms with E-state index in [0.29, 0.717) is 54.6 Å². The highest BCUT2D eigenvalue weighted by Gasteiger charge is 2.63. The molecule has 0 aromatic rings. The van der Waals surface area contributed by atoms with Crippen molar-refractivity contribution in [2.24, 2.45) is 58.2 Å². The van der Waals surface area contributed by atoms with Gasteiger partial charge in [-0.25, -0.2) is 4.39 Å². The quantitative estimate of drug-likeness (QED) is 0.555. The Balaban J connectivity index is 1.54. The lowest BCUT2D eigenvalue weighted by Crippen LogP contribution is -2.57. The molecule has 32 heavy (non-hydrogen) atoms. The number of ketones is 1. The Bertz CT molecular complexity index is 709. The molecule has 4 aliphatic rings. The molecule has 4 heteroatoms. The van der Waals surface area contributed by atoms with Crippen molar-refractivity contribution in [3.63, 3.8) is 0 Å². The first-order chi connectivity index (χ1) is 14.9. The molecule has 3 nitrogen and oxygen atoms in total. The largest absolute Gasteiger partial charge is 0.390 e. The SMILES string of the molecule is CC(C)[C@@H](C)[C@H](O)[C@@H](O)[C@@H](C)[C@H]1CC[C@H]2[C@@H]3CC(=O)[C@H]4C[C@H](F)CC[C@]4(C)[C@H]3CC[C@]12C. The zero-order valence-corrected chi connectivity index (χ0v) is 21.2. The molecule has 0 heterocycles. The van der Waals surface area contributed by atoms with Crippen molar-refractivity contribution in [1.29, 1.82) is 0 Å². The minimum Gasteiger partial charge on any atom is -0.390 e. The number of fused-ring (bicyclic) bond motifs is 5. The first-order valence-corrected chi connectivity index (χ1v) is 13.4. The summed E-state index contributed by atoms with van der Waals surface area (Å²) in [6.45, 7) is 13.1. The lowest BCUT2D eigenvalue weighted by molar-refractivity contribution is -0.159. The summed E-state index contributed by atoms with van der Waals surface area (Å²) < 4.78 is 14.2. The average molecular weight is 451 g/mol. The molecule has 12 atom stereocenters. The molecule has 184 valence electrons. The van der Waals surface area contributed by atoms with Crippen LogP contribution in [-0.2, 0) is 4.79 Å². The maximum Gasteiger partial charge on any atom is 0.136 e. The minimum absolute atomic E-state index is 0.0317. The zero-order chi connectivity index (χ0) is 23.6. The average Bonchev–Trinajstić information content (AvgIpc) is 3.10. The number of aliphatic hydroxyl groups is 2. The molecule has 4 saturated carbocycles. The van der Waals surface area contributed by atoms with Crippen LogP contribution in [0, 0.1) is 58.2 Å². The molecule has 0 amide bonds. The van der Waals surface area contributed by atoms with E-state index in [1.165, 1.54) is 0 Å². The van der Waals surface area contributed by atoms with Crippen LogP contribution in [0.4, 0.5) is 4.39 Å². The maximum atomic E-state index is 14.2. The van der Waals surface area contributed by atoms with Gasteiger partial charge in [0.15, 0.2) is 0 Å². The fourth-order valence-electron chi connectivity index (χ4n) is 9.15. The van der Waals surface area contributed by atoms with Crippen molar-refractivity contribution in [2.75, 3.05) is 0 Å². The summed E-state index contributed by atoms with van der Waals surface area (Å²) in [5.41, 5.74) is 0.0825. The molecular formula is C28H47FO3. The van der Waals surface area contributed by atoms with Crippen molar-refractivity contribution in [1.82, 2.24) is 0 Å². The number of carbonyl (C=O) groups is 1. The smallest absolute Gasteiger partial charge is 0.136 e. The van der Waals surface area contributed by atoms with Gasteiger partial charge in [-0.1, -0.05) is 41.5 Å². The van der Waals surface area contributed by atoms with Gasteiger partial charge in [-0.15, -0.1) is 0 Å². The van der Waals surface area contributed by atoms with Crippen LogP contribution in [0.5, 0.6) is 0 Å². The van der Waals surface area contributed by atoms with Gasteiger partial charge >= 0.3 is 0 Å². The fraction of sp³-hybridized carbons (Fsp3) is 0.964. The van der Waals surface area contributed by atoms with E-state index in [1.54, 1.807) is 0 Å². The molecule has 0 aromatic heterocycles. The van der Waals surface area contributed by atoms with Crippen LogP contribution >= 0.6 is 0 Å². The van der Waals surface area contributed by atoms with Crippen LogP contribution < -0.4 is 0 Å². The summed E-state index contributed by atoms with van der Waals surface area (Å²) in [4.78, 5) is 13.2. The Kier molecular flexibility index (Phi) is 6.64. The standard InChI is InChI=1S/C28H47FO3/c1-15(2)16(3)25(31)26(32)17(4)20-7-8-21-19-14-24(30)23-13-18(29)9-11-28(23,6)22(19)10-12-27(20,21)5/h15-23,25-26,31-32H,7-14H2,1-6H3/t16-,17+,18-,19+,20-,21+,22+,23-,25+,26+,27-,28-/m1/s1. The van der Waals surface area contributed by atoms with Crippen LogP contribution in [-0.4, -0.2) is 34.4 Å². The minimum atomic E-state index is -0.805. The van der Waals surface area contributed by atoms with Crippen LogP contribution in [0.3, 0.4) is 0 Å². The molecule has 0 spiro atoms. The van der Waals surface area contributed by atoms with E-state index in [9.17, 15) is 19.4 Å². The van der Waals surface area contributed by atoms with Gasteiger partial charge in [0.25, 0.3) is 0 Å². The third-order valence-electron chi connectivity index (χ3n) is 11.6. The molecule has 0 aliphatic heterocycles. The van der Waals surface area contributed by atoms with Crippen molar-refractivity contribution in [3.8, 4) is 0 Å². The number of hydrogen-bond acceptors (Lipinski definition) is 3. The summed E-state index contributed by atoms with van der Waals surface area (Å²) in [5, 5.41) is 22.0. The third-order valence-corrected chi connectivity index (χ3v) is 11.6. The van der Waals surface area contributed by atoms with Crippen molar-refractivity contribution in [3.05, 3.63) is 0 Å². The van der Waals surface area contributed by atoms with Crippen LogP contribution in [0.1, 0.15) is 92.9 Å². The number of aliphatic hydroxyl groups excluding tert-OH is 2. The molecule has 0 bridgehead atoms. The molecule has 4 fully saturated rings. The van der Waals surface area contributed by atoms with E-state index in [0.717, 1.165) is 32.1 Å². The van der Waals surface area contributed by atoms with Gasteiger partial charge in [0, 0.05) is 12.3 Å². The van der Waals surface area contributed by atoms with E-state index in [4.69, 9.17) is 0 Å². The number of rotatable bonds is 5. The van der Waals surface area contributed by atoms with Crippen LogP contribution in [0.15, 0.2) is 0 Å². The van der Waals surface area contributed by atoms with E-state index in [-0.39, 0.29) is 28.6 Å². The Morgan fingerprint density at radius 1 is 0.906 bits per heavy atom. The number of halogens is 1. The fourth-order valence-corrected chi connectivity index (χ4v) is 9.15. The van der Waals surface area contributed by atoms with Crippen molar-refractivity contribution < 1.29 is 19.4 Å². The monoisotopic (exact) mass is 450 g/mol. The summed E-state index contributed by atoms with van der Waals surface area (Å²) >= 11 is 0. The van der Waals surface area contributed by atoms with Gasteiger partial charge in [-0.2, -0.15) is 0 Å². The number of hydrogen-bond donors (Lipinski definition) is 2. The van der Waals surface area contributed by atoms with Gasteiger partial charge in [-0.3, -0.25) is 4.79 Å². The Morgan fingerprint density at radius 2 is 1.53 bits per heavy atom. The number of alkyl halides is 1. The highest BCUT2D eigenvalue weighted by atomic mass is 19.1. The lowest BCUT2D eigenvalue weighted by atomic mass is 9.44. The molecule has 2 N–H and O–H groups in total. The zero-order valence-electron chi connectivity index (χ0n) is 21.2. The first kappa shape index (κ1) is 24.6. The van der Waals surface area contributed by atoms with E-state index >= 15 is 0 Å². The summed E-state index contributed by atoms with van der Waals surface area (Å²) in [6, 6.07) is 0. The van der Waals surface area contributed by atoms with Gasteiger partial charge in [-0.05, 0) is 97.2 Å². The predicted octanol–water partition coefficient (Wildman–Crippen LogP) is 5.81. The second-order valence-corrected chi connectivity index (χ2v) is 13.1. The topological polar surface area (TPSA) is 57.5 Å². The van der Waals surface area contributed by atoms with Gasteiger partial charge in [0.1, 0.15) is 12.0 Å². The lowest BCUT2D eigenvalue weighted by Gasteiger charge is -2.60. The second-order valence-electron chi connectivity index (χ2n) is 13.1. The summed E-state index contributed by atoms with van der Waals surface area (Å²) in [5.74, 6) is 2.49. The van der Waals surface area contributed by atoms with Crippen LogP contribution in [0.25, 0.3) is 0 Å². The highest BCUT2D eigenvalue weighted by molar-refractivity contribution is 5.83. The Labute approximate surface area is 194 Å². The summed E-state index contributed by atoms with van der Waals surface area (Å²) in [7, 11) is 0. The van der Waals surface area contributed by atoms with Gasteiger partial charge in [0.2, 0.25) is 0 Å². The number of Topliss-reactive ketones (excluding diaryl/α,β-unsaturated/α-hetero) is 1. The predicted molar refractivity (Wildman–Crippen MR) is 126 cm³/mol. The summed E-state index contributed by atoms with van der Waals surface area (Å²) in [6.07, 6.45) is 4.78. The van der Waals surface area contributed by atoms with E-state index in [1.807, 2.05) is 6.92 Å². The van der Waals surface area contributed by atoms with Crippen molar-refractivity contribution >= 4 is 5.78 Å². The van der Waals surface area contributed by atoms with Gasteiger partial charge in [0.05, 0.1) is 12.2 Å². The molecule has 0 saturated heterocycles. The molecule has 4 rings (SSSR count). The molecule has 0 unspecified atom stereocenters. The maximum absolute atomic E-state index is 14.2. The van der Waals surface area contributed by atoms with E-state index in [2.05, 4.69) is 34.6 Å². The van der Waals surface area contributed by atoms with E-state index < -0.39 is 18.4 Å². The van der Waals surface area contributed by atoms with Crippen molar-refractivity contribution in [2.45, 2.75) is 111 Å². The number of carbonyl (C=O) groups excluding carboxylic acids is 1. The van der Waals surface area contributed by atoms with Crippen LogP contribution in [0.2, 0.25) is 0 Å². The van der Waals surface area contributed by atoms with Gasteiger partial charge < -0.3 is 10.2 Å². The third kappa shape index (κ3) is 3.70.